The van der Waals surface area contributed by atoms with Crippen LogP contribution in [0.1, 0.15) is 46.9 Å². The van der Waals surface area contributed by atoms with Crippen molar-refractivity contribution in [2.45, 2.75) is 31.4 Å². The lowest BCUT2D eigenvalue weighted by Crippen LogP contribution is -2.41. The molecule has 196 valence electrons. The van der Waals surface area contributed by atoms with E-state index in [4.69, 9.17) is 26.2 Å². The molecule has 3 rings (SSSR count). The van der Waals surface area contributed by atoms with Crippen molar-refractivity contribution in [1.82, 2.24) is 16.0 Å². The van der Waals surface area contributed by atoms with Crippen LogP contribution in [0.2, 0.25) is 5.02 Å². The van der Waals surface area contributed by atoms with Gasteiger partial charge in [0.25, 0.3) is 5.91 Å². The topological polar surface area (TPSA) is 109 Å². The second kappa shape index (κ2) is 14.1. The molecule has 36 heavy (non-hydrogen) atoms. The highest BCUT2D eigenvalue weighted by Gasteiger charge is 2.23. The molecule has 0 bridgehead atoms. The Balaban J connectivity index is 1.72. The van der Waals surface area contributed by atoms with Gasteiger partial charge in [0.05, 0.1) is 6.61 Å². The second-order valence-corrected chi connectivity index (χ2v) is 9.22. The molecule has 0 aromatic heterocycles. The normalized spacial score (nSPS) is 17.2. The molecule has 1 saturated heterocycles. The summed E-state index contributed by atoms with van der Waals surface area (Å²) < 4.78 is 26.4. The smallest absolute Gasteiger partial charge is 0.404 e. The number of halogens is 2. The Hall–Kier alpha value is -2.72. The molecule has 0 radical (unpaired) electrons. The molecule has 2 aromatic carbocycles. The Kier molecular flexibility index (Phi) is 10.9. The summed E-state index contributed by atoms with van der Waals surface area (Å²) in [5.41, 5.74) is 1.03. The van der Waals surface area contributed by atoms with Crippen molar-refractivity contribution in [3.05, 3.63) is 70.0 Å². The van der Waals surface area contributed by atoms with E-state index in [0.717, 1.165) is 32.5 Å². The Bertz CT molecular complexity index is 1020. The number of ether oxygens (including phenoxy) is 2. The van der Waals surface area contributed by atoms with Crippen LogP contribution in [0, 0.1) is 11.7 Å². The van der Waals surface area contributed by atoms with Crippen molar-refractivity contribution in [2.75, 3.05) is 40.0 Å². The number of likely N-dealkylation sites (N-methyl/N-ethyl adjacent to an activating group) is 1. The van der Waals surface area contributed by atoms with Crippen LogP contribution in [0.5, 0.6) is 0 Å². The number of carbonyl (C=O) groups is 2. The van der Waals surface area contributed by atoms with Crippen LogP contribution in [0.4, 0.5) is 9.18 Å². The van der Waals surface area contributed by atoms with Crippen LogP contribution in [-0.2, 0) is 9.47 Å². The molecule has 1 heterocycles. The second-order valence-electron chi connectivity index (χ2n) is 8.79. The van der Waals surface area contributed by atoms with E-state index < -0.39 is 18.0 Å². The minimum atomic E-state index is -1.18. The van der Waals surface area contributed by atoms with Crippen LogP contribution >= 0.6 is 11.6 Å². The molecule has 8 nitrogen and oxygen atoms in total. The van der Waals surface area contributed by atoms with E-state index in [1.165, 1.54) is 18.2 Å². The van der Waals surface area contributed by atoms with E-state index in [2.05, 4.69) is 16.0 Å². The molecule has 0 spiro atoms. The minimum absolute atomic E-state index is 0.00588. The first-order valence-corrected chi connectivity index (χ1v) is 12.4. The third-order valence-corrected chi connectivity index (χ3v) is 6.38. The zero-order valence-electron chi connectivity index (χ0n) is 20.3. The number of carboxylic acid groups (broad SMARTS) is 1. The van der Waals surface area contributed by atoms with Gasteiger partial charge in [0.1, 0.15) is 11.9 Å². The van der Waals surface area contributed by atoms with E-state index in [9.17, 15) is 14.0 Å². The lowest BCUT2D eigenvalue weighted by atomic mass is 9.94. The molecule has 0 aliphatic carbocycles. The Morgan fingerprint density at radius 1 is 1.25 bits per heavy atom. The highest BCUT2D eigenvalue weighted by atomic mass is 35.5. The number of rotatable bonds is 12. The fraction of sp³-hybridized carbons (Fsp3) is 0.462. The molecule has 3 atom stereocenters. The third-order valence-electron chi connectivity index (χ3n) is 6.14. The largest absolute Gasteiger partial charge is 0.465 e. The lowest BCUT2D eigenvalue weighted by molar-refractivity contribution is 0.0478. The van der Waals surface area contributed by atoms with Crippen LogP contribution in [-0.4, -0.2) is 63.1 Å². The van der Waals surface area contributed by atoms with Crippen molar-refractivity contribution >= 4 is 23.6 Å². The average Bonchev–Trinajstić information content (AvgIpc) is 2.87. The first-order chi connectivity index (χ1) is 17.4. The van der Waals surface area contributed by atoms with Gasteiger partial charge in [-0.05, 0) is 68.1 Å². The number of hydrogen-bond donors (Lipinski definition) is 4. The number of hydrogen-bond acceptors (Lipinski definition) is 5. The third kappa shape index (κ3) is 8.44. The van der Waals surface area contributed by atoms with E-state index in [1.54, 1.807) is 24.3 Å². The van der Waals surface area contributed by atoms with Gasteiger partial charge in [-0.3, -0.25) is 4.79 Å². The van der Waals surface area contributed by atoms with Gasteiger partial charge >= 0.3 is 6.09 Å². The summed E-state index contributed by atoms with van der Waals surface area (Å²) in [4.78, 5) is 23.7. The molecule has 1 unspecified atom stereocenters. The van der Waals surface area contributed by atoms with E-state index in [-0.39, 0.29) is 30.7 Å². The van der Waals surface area contributed by atoms with Crippen LogP contribution in [0.25, 0.3) is 0 Å². The highest BCUT2D eigenvalue weighted by Crippen LogP contribution is 2.30. The monoisotopic (exact) mass is 521 g/mol. The zero-order chi connectivity index (χ0) is 25.9. The first kappa shape index (κ1) is 27.9. The molecule has 0 saturated carbocycles. The summed E-state index contributed by atoms with van der Waals surface area (Å²) in [6.45, 7) is 1.98. The summed E-state index contributed by atoms with van der Waals surface area (Å²) >= 11 is 6.14. The van der Waals surface area contributed by atoms with Gasteiger partial charge in [-0.1, -0.05) is 23.7 Å². The Labute approximate surface area is 215 Å². The molecule has 2 aromatic rings. The van der Waals surface area contributed by atoms with Gasteiger partial charge < -0.3 is 30.5 Å². The molecule has 2 amide bonds. The molecular formula is C26H33ClFN3O5. The quantitative estimate of drug-likeness (QED) is 0.314. The van der Waals surface area contributed by atoms with Crippen LogP contribution in [0.15, 0.2) is 42.5 Å². The maximum atomic E-state index is 15.0. The molecule has 10 heteroatoms. The van der Waals surface area contributed by atoms with Crippen molar-refractivity contribution in [2.24, 2.45) is 5.92 Å². The van der Waals surface area contributed by atoms with Crippen molar-refractivity contribution in [3.8, 4) is 0 Å². The Morgan fingerprint density at radius 3 is 2.78 bits per heavy atom. The number of amides is 2. The predicted molar refractivity (Wildman–Crippen MR) is 135 cm³/mol. The van der Waals surface area contributed by atoms with Gasteiger partial charge in [0, 0.05) is 48.5 Å². The van der Waals surface area contributed by atoms with Crippen molar-refractivity contribution in [3.63, 3.8) is 0 Å². The highest BCUT2D eigenvalue weighted by molar-refractivity contribution is 6.30. The molecule has 1 aliphatic rings. The number of benzene rings is 2. The van der Waals surface area contributed by atoms with Crippen LogP contribution < -0.4 is 16.0 Å². The average molecular weight is 522 g/mol. The molecule has 4 N–H and O–H groups in total. The maximum Gasteiger partial charge on any atom is 0.404 e. The summed E-state index contributed by atoms with van der Waals surface area (Å²) in [6.07, 6.45) is 0.983. The van der Waals surface area contributed by atoms with E-state index in [1.807, 2.05) is 7.05 Å². The lowest BCUT2D eigenvalue weighted by Gasteiger charge is -2.26. The predicted octanol–water partition coefficient (Wildman–Crippen LogP) is 3.99. The number of nitrogens with one attached hydrogen (secondary N) is 3. The van der Waals surface area contributed by atoms with E-state index in [0.29, 0.717) is 28.6 Å². The number of carbonyl (C=O) groups excluding carboxylic acids is 1. The first-order valence-electron chi connectivity index (χ1n) is 12.0. The van der Waals surface area contributed by atoms with Gasteiger partial charge in [0.2, 0.25) is 0 Å². The SMILES string of the molecule is CN[C@H](CNC(=O)c1ccc(F)c(C(OCCNC(=O)O)c2cccc(Cl)c2)c1)C[C@H]1CCCOC1. The minimum Gasteiger partial charge on any atom is -0.465 e. The van der Waals surface area contributed by atoms with Crippen LogP contribution in [0.3, 0.4) is 0 Å². The van der Waals surface area contributed by atoms with E-state index >= 15 is 0 Å². The zero-order valence-corrected chi connectivity index (χ0v) is 21.0. The molecular weight excluding hydrogens is 489 g/mol. The standard InChI is InChI=1S/C26H33ClFN3O5/c1-29-21(12-17-4-3-10-35-16-17)15-31-25(32)19-7-8-23(28)22(14-19)24(36-11-9-30-26(33)34)18-5-2-6-20(27)13-18/h2,5-8,13-14,17,21,24,29-30H,3-4,9-12,15-16H2,1H3,(H,31,32)(H,33,34)/t17-,21+,24?/m1/s1. The molecule has 1 aliphatic heterocycles. The van der Waals surface area contributed by atoms with Gasteiger partial charge in [-0.15, -0.1) is 0 Å². The fourth-order valence-corrected chi connectivity index (χ4v) is 4.47. The molecule has 1 fully saturated rings. The van der Waals surface area contributed by atoms with Gasteiger partial charge in [-0.2, -0.15) is 0 Å². The van der Waals surface area contributed by atoms with Crippen molar-refractivity contribution < 1.29 is 28.6 Å². The van der Waals surface area contributed by atoms with Gasteiger partial charge in [0.15, 0.2) is 0 Å². The van der Waals surface area contributed by atoms with Gasteiger partial charge in [-0.25, -0.2) is 9.18 Å². The summed E-state index contributed by atoms with van der Waals surface area (Å²) in [7, 11) is 1.86. The van der Waals surface area contributed by atoms with Crippen molar-refractivity contribution in [1.29, 1.82) is 0 Å². The Morgan fingerprint density at radius 2 is 2.08 bits per heavy atom. The summed E-state index contributed by atoms with van der Waals surface area (Å²) in [6, 6.07) is 11.0. The summed E-state index contributed by atoms with van der Waals surface area (Å²) in [5, 5.41) is 17.6. The fourth-order valence-electron chi connectivity index (χ4n) is 4.27. The summed E-state index contributed by atoms with van der Waals surface area (Å²) in [5.74, 6) is -0.418. The maximum absolute atomic E-state index is 15.0.